The molecule has 4 heteroatoms. The fourth-order valence-corrected chi connectivity index (χ4v) is 3.13. The molecule has 0 saturated heterocycles. The molecule has 0 saturated carbocycles. The zero-order chi connectivity index (χ0) is 15.5. The van der Waals surface area contributed by atoms with Crippen molar-refractivity contribution in [1.29, 1.82) is 0 Å². The molecule has 0 bridgehead atoms. The number of fused-ring (bicyclic) bond motifs is 1. The lowest BCUT2D eigenvalue weighted by molar-refractivity contribution is 0.125. The number of nitrogens with two attached hydrogens (primary N) is 1. The first-order valence-electron chi connectivity index (χ1n) is 7.40. The van der Waals surface area contributed by atoms with Crippen LogP contribution in [-0.2, 0) is 0 Å². The number of benzene rings is 2. The summed E-state index contributed by atoms with van der Waals surface area (Å²) in [5.41, 5.74) is 7.71. The van der Waals surface area contributed by atoms with Crippen LogP contribution in [0.4, 0.5) is 0 Å². The predicted octanol–water partition coefficient (Wildman–Crippen LogP) is 3.59. The van der Waals surface area contributed by atoms with Crippen LogP contribution >= 0.6 is 11.6 Å². The van der Waals surface area contributed by atoms with E-state index in [1.54, 1.807) is 0 Å². The lowest BCUT2D eigenvalue weighted by atomic mass is 9.98. The largest absolute Gasteiger partial charge is 0.391 e. The van der Waals surface area contributed by atoms with Crippen molar-refractivity contribution in [1.82, 2.24) is 4.57 Å². The molecule has 0 radical (unpaired) electrons. The average Bonchev–Trinajstić information content (AvgIpc) is 2.92. The van der Waals surface area contributed by atoms with Crippen LogP contribution in [0.5, 0.6) is 0 Å². The van der Waals surface area contributed by atoms with Gasteiger partial charge in [-0.3, -0.25) is 0 Å². The fourth-order valence-electron chi connectivity index (χ4n) is 2.93. The van der Waals surface area contributed by atoms with E-state index in [1.807, 2.05) is 42.6 Å². The first-order valence-corrected chi connectivity index (χ1v) is 7.77. The van der Waals surface area contributed by atoms with E-state index >= 15 is 0 Å². The van der Waals surface area contributed by atoms with Gasteiger partial charge in [0.2, 0.25) is 0 Å². The van der Waals surface area contributed by atoms with E-state index < -0.39 is 6.10 Å². The van der Waals surface area contributed by atoms with Crippen molar-refractivity contribution in [2.75, 3.05) is 6.54 Å². The Morgan fingerprint density at radius 2 is 1.91 bits per heavy atom. The van der Waals surface area contributed by atoms with Gasteiger partial charge in [0, 0.05) is 16.7 Å². The van der Waals surface area contributed by atoms with Gasteiger partial charge in [-0.2, -0.15) is 0 Å². The molecule has 3 aromatic rings. The normalized spacial score (nSPS) is 14.1. The second-order valence-corrected chi connectivity index (χ2v) is 5.86. The Bertz CT molecular complexity index is 768. The van der Waals surface area contributed by atoms with Gasteiger partial charge in [0.1, 0.15) is 0 Å². The second-order valence-electron chi connectivity index (χ2n) is 5.43. The standard InChI is InChI=1S/C18H19ClN2O/c19-15-6-3-5-14(12-15)18(17(22)8-10-20)21-11-9-13-4-1-2-7-16(13)21/h1-7,9,11-12,17-18,22H,8,10,20H2. The van der Waals surface area contributed by atoms with E-state index in [-0.39, 0.29) is 6.04 Å². The maximum Gasteiger partial charge on any atom is 0.0846 e. The van der Waals surface area contributed by atoms with Gasteiger partial charge in [-0.1, -0.05) is 41.9 Å². The molecule has 22 heavy (non-hydrogen) atoms. The van der Waals surface area contributed by atoms with Crippen LogP contribution in [-0.4, -0.2) is 22.3 Å². The smallest absolute Gasteiger partial charge is 0.0846 e. The van der Waals surface area contributed by atoms with Crippen LogP contribution in [0, 0.1) is 0 Å². The summed E-state index contributed by atoms with van der Waals surface area (Å²) in [6.07, 6.45) is 1.97. The Labute approximate surface area is 134 Å². The quantitative estimate of drug-likeness (QED) is 0.756. The van der Waals surface area contributed by atoms with Crippen molar-refractivity contribution in [3.8, 4) is 0 Å². The number of hydrogen-bond donors (Lipinski definition) is 2. The number of halogens is 1. The van der Waals surface area contributed by atoms with E-state index in [4.69, 9.17) is 17.3 Å². The minimum Gasteiger partial charge on any atom is -0.391 e. The fraction of sp³-hybridized carbons (Fsp3) is 0.222. The monoisotopic (exact) mass is 314 g/mol. The Hall–Kier alpha value is -1.81. The highest BCUT2D eigenvalue weighted by Gasteiger charge is 2.23. The molecule has 0 aliphatic carbocycles. The maximum absolute atomic E-state index is 10.6. The molecule has 114 valence electrons. The number of aliphatic hydroxyl groups excluding tert-OH is 1. The Morgan fingerprint density at radius 3 is 2.68 bits per heavy atom. The zero-order valence-corrected chi connectivity index (χ0v) is 12.9. The first kappa shape index (κ1) is 15.1. The molecule has 1 aromatic heterocycles. The van der Waals surface area contributed by atoms with Gasteiger partial charge >= 0.3 is 0 Å². The van der Waals surface area contributed by atoms with E-state index in [1.165, 1.54) is 0 Å². The third kappa shape index (κ3) is 2.88. The van der Waals surface area contributed by atoms with Crippen molar-refractivity contribution >= 4 is 22.5 Å². The molecule has 0 aliphatic rings. The summed E-state index contributed by atoms with van der Waals surface area (Å²) in [5, 5.41) is 12.5. The summed E-state index contributed by atoms with van der Waals surface area (Å²) in [6, 6.07) is 17.6. The number of nitrogens with zero attached hydrogens (tertiary/aromatic N) is 1. The van der Waals surface area contributed by atoms with Gasteiger partial charge < -0.3 is 15.4 Å². The number of rotatable bonds is 5. The van der Waals surface area contributed by atoms with E-state index in [2.05, 4.69) is 22.8 Å². The minimum absolute atomic E-state index is 0.206. The van der Waals surface area contributed by atoms with Crippen LogP contribution < -0.4 is 5.73 Å². The molecule has 3 nitrogen and oxygen atoms in total. The lowest BCUT2D eigenvalue weighted by Crippen LogP contribution is -2.27. The third-order valence-corrected chi connectivity index (χ3v) is 4.18. The molecule has 2 unspecified atom stereocenters. The van der Waals surface area contributed by atoms with Crippen LogP contribution in [0.3, 0.4) is 0 Å². The van der Waals surface area contributed by atoms with Crippen LogP contribution in [0.2, 0.25) is 5.02 Å². The Morgan fingerprint density at radius 1 is 1.09 bits per heavy atom. The van der Waals surface area contributed by atoms with E-state index in [0.29, 0.717) is 18.0 Å². The summed E-state index contributed by atoms with van der Waals surface area (Å²) in [6.45, 7) is 0.442. The molecule has 0 fully saturated rings. The maximum atomic E-state index is 10.6. The topological polar surface area (TPSA) is 51.2 Å². The SMILES string of the molecule is NCCC(O)C(c1cccc(Cl)c1)n1ccc2ccccc21. The molecule has 0 spiro atoms. The molecular formula is C18H19ClN2O. The first-order chi connectivity index (χ1) is 10.7. The molecule has 0 amide bonds. The lowest BCUT2D eigenvalue weighted by Gasteiger charge is -2.26. The molecule has 2 aromatic carbocycles. The summed E-state index contributed by atoms with van der Waals surface area (Å²) < 4.78 is 2.10. The van der Waals surface area contributed by atoms with Gasteiger partial charge in [-0.15, -0.1) is 0 Å². The van der Waals surface area contributed by atoms with Gasteiger partial charge in [-0.25, -0.2) is 0 Å². The molecule has 1 heterocycles. The molecular weight excluding hydrogens is 296 g/mol. The van der Waals surface area contributed by atoms with E-state index in [0.717, 1.165) is 16.5 Å². The minimum atomic E-state index is -0.570. The van der Waals surface area contributed by atoms with Crippen molar-refractivity contribution in [2.24, 2.45) is 5.73 Å². The Balaban J connectivity index is 2.13. The van der Waals surface area contributed by atoms with Crippen molar-refractivity contribution < 1.29 is 5.11 Å². The summed E-state index contributed by atoms with van der Waals surface area (Å²) in [5.74, 6) is 0. The van der Waals surface area contributed by atoms with Crippen molar-refractivity contribution in [3.05, 3.63) is 71.4 Å². The highest BCUT2D eigenvalue weighted by Crippen LogP contribution is 2.30. The van der Waals surface area contributed by atoms with Crippen LogP contribution in [0.1, 0.15) is 18.0 Å². The molecule has 3 N–H and O–H groups in total. The molecule has 3 rings (SSSR count). The Kier molecular flexibility index (Phi) is 4.48. The number of aromatic nitrogens is 1. The van der Waals surface area contributed by atoms with Crippen LogP contribution in [0.25, 0.3) is 10.9 Å². The van der Waals surface area contributed by atoms with Crippen molar-refractivity contribution in [2.45, 2.75) is 18.6 Å². The number of para-hydroxylation sites is 1. The zero-order valence-electron chi connectivity index (χ0n) is 12.2. The van der Waals surface area contributed by atoms with Gasteiger partial charge in [0.25, 0.3) is 0 Å². The number of aliphatic hydroxyl groups is 1. The van der Waals surface area contributed by atoms with E-state index in [9.17, 15) is 5.11 Å². The molecule has 0 aliphatic heterocycles. The van der Waals surface area contributed by atoms with Gasteiger partial charge in [-0.05, 0) is 48.2 Å². The summed E-state index contributed by atoms with van der Waals surface area (Å²) >= 11 is 6.13. The van der Waals surface area contributed by atoms with Crippen molar-refractivity contribution in [3.63, 3.8) is 0 Å². The average molecular weight is 315 g/mol. The van der Waals surface area contributed by atoms with Gasteiger partial charge in [0.15, 0.2) is 0 Å². The van der Waals surface area contributed by atoms with Gasteiger partial charge in [0.05, 0.1) is 12.1 Å². The summed E-state index contributed by atoms with van der Waals surface area (Å²) in [7, 11) is 0. The highest BCUT2D eigenvalue weighted by molar-refractivity contribution is 6.30. The highest BCUT2D eigenvalue weighted by atomic mass is 35.5. The predicted molar refractivity (Wildman–Crippen MR) is 91.2 cm³/mol. The van der Waals surface area contributed by atoms with Crippen LogP contribution in [0.15, 0.2) is 60.8 Å². The molecule has 2 atom stereocenters. The summed E-state index contributed by atoms with van der Waals surface area (Å²) in [4.78, 5) is 0. The second kappa shape index (κ2) is 6.53. The number of hydrogen-bond acceptors (Lipinski definition) is 2. The third-order valence-electron chi connectivity index (χ3n) is 3.95.